The number of halogens is 5. The van der Waals surface area contributed by atoms with Crippen molar-refractivity contribution in [2.45, 2.75) is 13.1 Å². The molecule has 2 aromatic rings. The largest absolute Gasteiger partial charge is 0.416 e. The Kier molecular flexibility index (Phi) is 4.72. The number of hydrogen-bond donors (Lipinski definition) is 1. The van der Waals surface area contributed by atoms with Crippen LogP contribution >= 0.6 is 23.2 Å². The van der Waals surface area contributed by atoms with Gasteiger partial charge in [-0.3, -0.25) is 14.9 Å². The van der Waals surface area contributed by atoms with Gasteiger partial charge in [0, 0.05) is 6.92 Å². The number of hydrogen-bond acceptors (Lipinski definition) is 4. The summed E-state index contributed by atoms with van der Waals surface area (Å²) in [5, 5.41) is 16.0. The molecule has 1 N–H and O–H groups in total. The molecule has 1 amide bonds. The molecular formula is C12H7Cl2F3N4O3. The average molecular weight is 383 g/mol. The minimum Gasteiger partial charge on any atom is -0.304 e. The molecule has 1 aromatic heterocycles. The SMILES string of the molecule is CC(=O)Nc1nn(-c2c(Cl)cc(C(F)(F)F)cc2Cl)cc1[N+](=O)[O-]. The summed E-state index contributed by atoms with van der Waals surface area (Å²) in [7, 11) is 0. The minimum absolute atomic E-state index is 0.189. The molecule has 128 valence electrons. The first kappa shape index (κ1) is 18.0. The van der Waals surface area contributed by atoms with Crippen molar-refractivity contribution in [2.24, 2.45) is 0 Å². The van der Waals surface area contributed by atoms with Crippen molar-refractivity contribution in [1.29, 1.82) is 0 Å². The van der Waals surface area contributed by atoms with E-state index in [2.05, 4.69) is 10.4 Å². The van der Waals surface area contributed by atoms with E-state index in [-0.39, 0.29) is 11.5 Å². The van der Waals surface area contributed by atoms with Gasteiger partial charge >= 0.3 is 11.9 Å². The Balaban J connectivity index is 2.60. The number of carbonyl (C=O) groups excluding carboxylic acids is 1. The highest BCUT2D eigenvalue weighted by Crippen LogP contribution is 2.38. The van der Waals surface area contributed by atoms with Gasteiger partial charge in [-0.15, -0.1) is 5.10 Å². The van der Waals surface area contributed by atoms with E-state index in [1.54, 1.807) is 0 Å². The zero-order valence-corrected chi connectivity index (χ0v) is 13.2. The lowest BCUT2D eigenvalue weighted by molar-refractivity contribution is -0.384. The molecule has 0 aliphatic heterocycles. The van der Waals surface area contributed by atoms with Gasteiger partial charge in [-0.2, -0.15) is 13.2 Å². The van der Waals surface area contributed by atoms with Crippen LogP contribution in [0.2, 0.25) is 10.0 Å². The monoisotopic (exact) mass is 382 g/mol. The summed E-state index contributed by atoms with van der Waals surface area (Å²) < 4.78 is 39.0. The number of aromatic nitrogens is 2. The second-order valence-electron chi connectivity index (χ2n) is 4.53. The number of amides is 1. The summed E-state index contributed by atoms with van der Waals surface area (Å²) in [5.74, 6) is -1.01. The van der Waals surface area contributed by atoms with Gasteiger partial charge in [-0.1, -0.05) is 23.2 Å². The van der Waals surface area contributed by atoms with Crippen molar-refractivity contribution in [3.8, 4) is 5.69 Å². The van der Waals surface area contributed by atoms with Gasteiger partial charge in [-0.05, 0) is 12.1 Å². The Labute approximate surface area is 142 Å². The van der Waals surface area contributed by atoms with E-state index in [0.717, 1.165) is 17.8 Å². The third kappa shape index (κ3) is 3.60. The van der Waals surface area contributed by atoms with Gasteiger partial charge < -0.3 is 5.32 Å². The molecule has 12 heteroatoms. The molecule has 0 spiro atoms. The first-order valence-electron chi connectivity index (χ1n) is 6.09. The molecule has 7 nitrogen and oxygen atoms in total. The van der Waals surface area contributed by atoms with Gasteiger partial charge in [-0.25, -0.2) is 4.68 Å². The first-order chi connectivity index (χ1) is 11.0. The normalized spacial score (nSPS) is 11.4. The fraction of sp³-hybridized carbons (Fsp3) is 0.167. The van der Waals surface area contributed by atoms with Crippen LogP contribution in [0.4, 0.5) is 24.7 Å². The van der Waals surface area contributed by atoms with Gasteiger partial charge in [0.1, 0.15) is 11.9 Å². The van der Waals surface area contributed by atoms with Crippen LogP contribution in [-0.2, 0) is 11.0 Å². The molecule has 0 atom stereocenters. The maximum Gasteiger partial charge on any atom is 0.416 e. The third-order valence-electron chi connectivity index (χ3n) is 2.76. The molecule has 0 aliphatic rings. The van der Waals surface area contributed by atoms with Crippen LogP contribution in [0, 0.1) is 10.1 Å². The highest BCUT2D eigenvalue weighted by atomic mass is 35.5. The highest BCUT2D eigenvalue weighted by molar-refractivity contribution is 6.37. The third-order valence-corrected chi connectivity index (χ3v) is 3.34. The smallest absolute Gasteiger partial charge is 0.304 e. The standard InChI is InChI=1S/C12H7Cl2F3N4O3/c1-5(22)18-11-9(21(23)24)4-20(19-11)10-7(13)2-6(3-8(10)14)12(15,16)17/h2-4H,1H3,(H,18,19,22). The van der Waals surface area contributed by atoms with Crippen molar-refractivity contribution in [1.82, 2.24) is 9.78 Å². The number of alkyl halides is 3. The average Bonchev–Trinajstić information content (AvgIpc) is 2.79. The lowest BCUT2D eigenvalue weighted by Crippen LogP contribution is -2.09. The van der Waals surface area contributed by atoms with E-state index >= 15 is 0 Å². The molecule has 24 heavy (non-hydrogen) atoms. The van der Waals surface area contributed by atoms with Crippen LogP contribution in [0.5, 0.6) is 0 Å². The Hall–Kier alpha value is -2.33. The molecule has 2 rings (SSSR count). The second kappa shape index (κ2) is 6.29. The maximum atomic E-state index is 12.7. The van der Waals surface area contributed by atoms with Gasteiger partial charge in [0.25, 0.3) is 0 Å². The Morgan fingerprint density at radius 3 is 2.29 bits per heavy atom. The minimum atomic E-state index is -4.66. The number of nitro groups is 1. The predicted molar refractivity (Wildman–Crippen MR) is 79.5 cm³/mol. The molecule has 0 saturated carbocycles. The zero-order valence-electron chi connectivity index (χ0n) is 11.7. The number of carbonyl (C=O) groups is 1. The van der Waals surface area contributed by atoms with Crippen LogP contribution in [0.1, 0.15) is 12.5 Å². The van der Waals surface area contributed by atoms with E-state index in [1.165, 1.54) is 0 Å². The van der Waals surface area contributed by atoms with Crippen LogP contribution in [-0.4, -0.2) is 20.6 Å². The second-order valence-corrected chi connectivity index (χ2v) is 5.35. The molecular weight excluding hydrogens is 376 g/mol. The quantitative estimate of drug-likeness (QED) is 0.639. The zero-order chi connectivity index (χ0) is 18.2. The lowest BCUT2D eigenvalue weighted by Gasteiger charge is -2.11. The van der Waals surface area contributed by atoms with Gasteiger partial charge in [0.05, 0.1) is 20.5 Å². The van der Waals surface area contributed by atoms with Gasteiger partial charge in [0.2, 0.25) is 11.7 Å². The molecule has 1 heterocycles. The van der Waals surface area contributed by atoms with Crippen LogP contribution in [0.15, 0.2) is 18.3 Å². The molecule has 0 saturated heterocycles. The van der Waals surface area contributed by atoms with Gasteiger partial charge in [0.15, 0.2) is 0 Å². The summed E-state index contributed by atoms with van der Waals surface area (Å²) in [5.41, 5.74) is -1.84. The Morgan fingerprint density at radius 2 is 1.88 bits per heavy atom. The van der Waals surface area contributed by atoms with Crippen LogP contribution in [0.3, 0.4) is 0 Å². The van der Waals surface area contributed by atoms with Crippen LogP contribution in [0.25, 0.3) is 5.69 Å². The van der Waals surface area contributed by atoms with E-state index in [9.17, 15) is 28.1 Å². The van der Waals surface area contributed by atoms with E-state index < -0.39 is 38.3 Å². The summed E-state index contributed by atoms with van der Waals surface area (Å²) in [6, 6.07) is 1.24. The fourth-order valence-electron chi connectivity index (χ4n) is 1.82. The molecule has 0 unspecified atom stereocenters. The highest BCUT2D eigenvalue weighted by Gasteiger charge is 2.32. The molecule has 0 fully saturated rings. The van der Waals surface area contributed by atoms with Crippen molar-refractivity contribution >= 4 is 40.6 Å². The molecule has 1 aromatic carbocycles. The Bertz CT molecular complexity index is 812. The summed E-state index contributed by atoms with van der Waals surface area (Å²) >= 11 is 11.6. The fourth-order valence-corrected chi connectivity index (χ4v) is 2.48. The number of nitrogens with zero attached hydrogens (tertiary/aromatic N) is 3. The number of rotatable bonds is 3. The number of anilines is 1. The molecule has 0 bridgehead atoms. The van der Waals surface area contributed by atoms with Crippen molar-refractivity contribution in [3.05, 3.63) is 44.1 Å². The number of benzene rings is 1. The topological polar surface area (TPSA) is 90.1 Å². The van der Waals surface area contributed by atoms with E-state index in [0.29, 0.717) is 12.1 Å². The maximum absolute atomic E-state index is 12.7. The van der Waals surface area contributed by atoms with E-state index in [1.807, 2.05) is 0 Å². The van der Waals surface area contributed by atoms with Crippen molar-refractivity contribution in [3.63, 3.8) is 0 Å². The molecule has 0 radical (unpaired) electrons. The number of nitrogens with one attached hydrogen (secondary N) is 1. The Morgan fingerprint density at radius 1 is 1.33 bits per heavy atom. The summed E-state index contributed by atoms with van der Waals surface area (Å²) in [6.07, 6.45) is -3.78. The molecule has 0 aliphatic carbocycles. The van der Waals surface area contributed by atoms with Crippen molar-refractivity contribution < 1.29 is 22.9 Å². The summed E-state index contributed by atoms with van der Waals surface area (Å²) in [6.45, 7) is 1.11. The lowest BCUT2D eigenvalue weighted by atomic mass is 10.2. The van der Waals surface area contributed by atoms with E-state index in [4.69, 9.17) is 23.2 Å². The first-order valence-corrected chi connectivity index (χ1v) is 6.84. The van der Waals surface area contributed by atoms with Crippen molar-refractivity contribution in [2.75, 3.05) is 5.32 Å². The predicted octanol–water partition coefficient (Wildman–Crippen LogP) is 4.06. The summed E-state index contributed by atoms with van der Waals surface area (Å²) in [4.78, 5) is 21.2. The van der Waals surface area contributed by atoms with Crippen LogP contribution < -0.4 is 5.32 Å².